The Morgan fingerprint density at radius 1 is 0.947 bits per heavy atom. The van der Waals surface area contributed by atoms with E-state index in [0.717, 1.165) is 11.8 Å². The fraction of sp³-hybridized carbons (Fsp3) is 1.00. The summed E-state index contributed by atoms with van der Waals surface area (Å²) in [6.45, 7) is 2.27. The summed E-state index contributed by atoms with van der Waals surface area (Å²) >= 11 is 2.16. The van der Waals surface area contributed by atoms with E-state index in [4.69, 9.17) is 4.74 Å². The Morgan fingerprint density at radius 3 is 2.63 bits per heavy atom. The second kappa shape index (κ2) is 6.82. The van der Waals surface area contributed by atoms with E-state index in [1.54, 1.807) is 0 Å². The van der Waals surface area contributed by atoms with E-state index in [2.05, 4.69) is 17.1 Å². The molecule has 3 rings (SSSR count). The Labute approximate surface area is 122 Å². The van der Waals surface area contributed by atoms with Crippen molar-refractivity contribution >= 4 is 11.8 Å². The lowest BCUT2D eigenvalue weighted by atomic mass is 9.83. The van der Waals surface area contributed by atoms with Gasteiger partial charge in [-0.05, 0) is 44.3 Å². The van der Waals surface area contributed by atoms with Crippen LogP contribution in [0.3, 0.4) is 0 Å². The van der Waals surface area contributed by atoms with Gasteiger partial charge in [-0.2, -0.15) is 11.8 Å². The van der Waals surface area contributed by atoms with Crippen LogP contribution in [-0.2, 0) is 4.74 Å². The van der Waals surface area contributed by atoms with Crippen LogP contribution in [0.2, 0.25) is 0 Å². The highest BCUT2D eigenvalue weighted by Crippen LogP contribution is 2.41. The van der Waals surface area contributed by atoms with Gasteiger partial charge in [0.1, 0.15) is 0 Å². The van der Waals surface area contributed by atoms with Gasteiger partial charge < -0.3 is 10.1 Å². The quantitative estimate of drug-likeness (QED) is 0.849. The van der Waals surface area contributed by atoms with Crippen LogP contribution in [-0.4, -0.2) is 35.8 Å². The molecule has 0 aromatic heterocycles. The standard InChI is InChI=1S/C16H29NOS/c1-3-8-16(9-4-1)10-7-14(18-16)12-17-13-15-6-2-5-11-19-15/h14-15,17H,1-13H2. The zero-order valence-electron chi connectivity index (χ0n) is 12.2. The van der Waals surface area contributed by atoms with Gasteiger partial charge in [0.2, 0.25) is 0 Å². The average molecular weight is 283 g/mol. The largest absolute Gasteiger partial charge is 0.370 e. The Morgan fingerprint density at radius 2 is 1.84 bits per heavy atom. The third-order valence-corrected chi connectivity index (χ3v) is 6.52. The molecular weight excluding hydrogens is 254 g/mol. The number of thioether (sulfide) groups is 1. The first-order chi connectivity index (χ1) is 9.36. The van der Waals surface area contributed by atoms with Gasteiger partial charge in [-0.15, -0.1) is 0 Å². The summed E-state index contributed by atoms with van der Waals surface area (Å²) in [7, 11) is 0. The highest BCUT2D eigenvalue weighted by molar-refractivity contribution is 7.99. The minimum absolute atomic E-state index is 0.296. The molecule has 1 saturated carbocycles. The molecule has 0 amide bonds. The first-order valence-corrected chi connectivity index (χ1v) is 9.41. The molecule has 3 heteroatoms. The summed E-state index contributed by atoms with van der Waals surface area (Å²) in [5, 5.41) is 4.53. The second-order valence-electron chi connectivity index (χ2n) is 6.67. The number of rotatable bonds is 4. The van der Waals surface area contributed by atoms with E-state index in [0.29, 0.717) is 11.7 Å². The molecule has 2 nitrogen and oxygen atoms in total. The van der Waals surface area contributed by atoms with Crippen molar-refractivity contribution in [3.05, 3.63) is 0 Å². The van der Waals surface area contributed by atoms with E-state index < -0.39 is 0 Å². The molecule has 0 aromatic rings. The second-order valence-corrected chi connectivity index (χ2v) is 8.08. The first kappa shape index (κ1) is 14.2. The summed E-state index contributed by atoms with van der Waals surface area (Å²) in [4.78, 5) is 0. The topological polar surface area (TPSA) is 21.3 Å². The minimum Gasteiger partial charge on any atom is -0.370 e. The van der Waals surface area contributed by atoms with Crippen molar-refractivity contribution < 1.29 is 4.74 Å². The molecule has 1 N–H and O–H groups in total. The van der Waals surface area contributed by atoms with Gasteiger partial charge in [-0.3, -0.25) is 0 Å². The van der Waals surface area contributed by atoms with Gasteiger partial charge in [0, 0.05) is 18.3 Å². The summed E-state index contributed by atoms with van der Waals surface area (Å²) in [5.41, 5.74) is 0.296. The summed E-state index contributed by atoms with van der Waals surface area (Å²) in [5.74, 6) is 1.37. The Kier molecular flexibility index (Phi) is 5.10. The molecule has 0 radical (unpaired) electrons. The van der Waals surface area contributed by atoms with E-state index in [-0.39, 0.29) is 0 Å². The SMILES string of the molecule is C1CCC2(CC1)CCC(CNCC1CCCCS1)O2. The molecule has 2 aliphatic heterocycles. The minimum atomic E-state index is 0.296. The monoisotopic (exact) mass is 283 g/mol. The zero-order chi connectivity index (χ0) is 13.0. The lowest BCUT2D eigenvalue weighted by molar-refractivity contribution is -0.0622. The van der Waals surface area contributed by atoms with Gasteiger partial charge in [0.25, 0.3) is 0 Å². The molecular formula is C16H29NOS. The molecule has 3 aliphatic rings. The van der Waals surface area contributed by atoms with Crippen LogP contribution in [0, 0.1) is 0 Å². The molecule has 1 aliphatic carbocycles. The number of nitrogens with one attached hydrogen (secondary N) is 1. The summed E-state index contributed by atoms with van der Waals surface area (Å²) < 4.78 is 6.41. The van der Waals surface area contributed by atoms with Crippen LogP contribution in [0.4, 0.5) is 0 Å². The van der Waals surface area contributed by atoms with Crippen molar-refractivity contribution in [1.29, 1.82) is 0 Å². The van der Waals surface area contributed by atoms with Crippen LogP contribution in [0.25, 0.3) is 0 Å². The molecule has 2 heterocycles. The molecule has 0 bridgehead atoms. The number of hydrogen-bond acceptors (Lipinski definition) is 3. The maximum Gasteiger partial charge on any atom is 0.0708 e. The molecule has 2 saturated heterocycles. The average Bonchev–Trinajstić information content (AvgIpc) is 2.84. The molecule has 3 fully saturated rings. The first-order valence-electron chi connectivity index (χ1n) is 8.36. The predicted octanol–water partition coefficient (Wildman–Crippen LogP) is 3.74. The lowest BCUT2D eigenvalue weighted by Gasteiger charge is -2.33. The molecule has 2 atom stereocenters. The van der Waals surface area contributed by atoms with Crippen molar-refractivity contribution in [3.8, 4) is 0 Å². The van der Waals surface area contributed by atoms with Crippen LogP contribution in [0.15, 0.2) is 0 Å². The summed E-state index contributed by atoms with van der Waals surface area (Å²) in [6, 6.07) is 0. The van der Waals surface area contributed by atoms with Gasteiger partial charge >= 0.3 is 0 Å². The maximum atomic E-state index is 6.41. The molecule has 0 aromatic carbocycles. The van der Waals surface area contributed by atoms with Gasteiger partial charge in [0.15, 0.2) is 0 Å². The lowest BCUT2D eigenvalue weighted by Crippen LogP contribution is -2.36. The number of ether oxygens (including phenoxy) is 1. The third-order valence-electron chi connectivity index (χ3n) is 5.12. The van der Waals surface area contributed by atoms with E-state index in [9.17, 15) is 0 Å². The highest BCUT2D eigenvalue weighted by atomic mass is 32.2. The third kappa shape index (κ3) is 3.89. The van der Waals surface area contributed by atoms with Crippen molar-refractivity contribution in [2.24, 2.45) is 0 Å². The van der Waals surface area contributed by atoms with Crippen molar-refractivity contribution in [2.75, 3.05) is 18.8 Å². The van der Waals surface area contributed by atoms with Gasteiger partial charge in [-0.25, -0.2) is 0 Å². The van der Waals surface area contributed by atoms with Crippen LogP contribution < -0.4 is 5.32 Å². The van der Waals surface area contributed by atoms with Crippen LogP contribution in [0.5, 0.6) is 0 Å². The van der Waals surface area contributed by atoms with Gasteiger partial charge in [0.05, 0.1) is 11.7 Å². The Balaban J connectivity index is 1.35. The van der Waals surface area contributed by atoms with Crippen LogP contribution in [0.1, 0.15) is 64.2 Å². The molecule has 2 unspecified atom stereocenters. The van der Waals surface area contributed by atoms with Crippen LogP contribution >= 0.6 is 11.8 Å². The van der Waals surface area contributed by atoms with E-state index >= 15 is 0 Å². The normalized spacial score (nSPS) is 34.7. The maximum absolute atomic E-state index is 6.41. The summed E-state index contributed by atoms with van der Waals surface area (Å²) in [6.07, 6.45) is 14.2. The number of hydrogen-bond donors (Lipinski definition) is 1. The molecule has 110 valence electrons. The van der Waals surface area contributed by atoms with Crippen molar-refractivity contribution in [2.45, 2.75) is 81.2 Å². The van der Waals surface area contributed by atoms with E-state index in [1.165, 1.54) is 76.5 Å². The van der Waals surface area contributed by atoms with Crippen molar-refractivity contribution in [3.63, 3.8) is 0 Å². The smallest absolute Gasteiger partial charge is 0.0708 e. The molecule has 19 heavy (non-hydrogen) atoms. The Bertz CT molecular complexity index is 272. The fourth-order valence-corrected chi connectivity index (χ4v) is 5.25. The predicted molar refractivity (Wildman–Crippen MR) is 82.9 cm³/mol. The fourth-order valence-electron chi connectivity index (χ4n) is 3.98. The Hall–Kier alpha value is 0.270. The zero-order valence-corrected chi connectivity index (χ0v) is 13.0. The van der Waals surface area contributed by atoms with Gasteiger partial charge in [-0.1, -0.05) is 25.7 Å². The molecule has 1 spiro atoms. The highest BCUT2D eigenvalue weighted by Gasteiger charge is 2.40. The van der Waals surface area contributed by atoms with E-state index in [1.807, 2.05) is 0 Å². The van der Waals surface area contributed by atoms with Crippen molar-refractivity contribution in [1.82, 2.24) is 5.32 Å².